The van der Waals surface area contributed by atoms with Gasteiger partial charge in [-0.2, -0.15) is 0 Å². The minimum Gasteiger partial charge on any atom is -0.382 e. The maximum absolute atomic E-state index is 12.1. The van der Waals surface area contributed by atoms with Gasteiger partial charge in [0.15, 0.2) is 0 Å². The first kappa shape index (κ1) is 15.9. The summed E-state index contributed by atoms with van der Waals surface area (Å²) in [6.45, 7) is 4.39. The van der Waals surface area contributed by atoms with Crippen LogP contribution in [0.25, 0.3) is 0 Å². The summed E-state index contributed by atoms with van der Waals surface area (Å²) in [7, 11) is 3.59. The molecule has 0 bridgehead atoms. The molecule has 0 saturated heterocycles. The van der Waals surface area contributed by atoms with Gasteiger partial charge in [0, 0.05) is 31.4 Å². The third-order valence-corrected chi connectivity index (χ3v) is 4.67. The highest BCUT2D eigenvalue weighted by molar-refractivity contribution is 5.95. The van der Waals surface area contributed by atoms with E-state index < -0.39 is 0 Å². The molecule has 1 aliphatic rings. The van der Waals surface area contributed by atoms with Gasteiger partial charge in [-0.3, -0.25) is 4.79 Å². The Hall–Kier alpha value is -1.51. The molecular formula is C18H28N2O. The van der Waals surface area contributed by atoms with Gasteiger partial charge in [-0.1, -0.05) is 19.4 Å². The van der Waals surface area contributed by atoms with E-state index in [0.29, 0.717) is 6.04 Å². The van der Waals surface area contributed by atoms with Crippen LogP contribution in [0.1, 0.15) is 54.9 Å². The fraction of sp³-hybridized carbons (Fsp3) is 0.611. The third-order valence-electron chi connectivity index (χ3n) is 4.67. The van der Waals surface area contributed by atoms with Crippen molar-refractivity contribution in [3.8, 4) is 0 Å². The number of amides is 1. The van der Waals surface area contributed by atoms with E-state index in [2.05, 4.69) is 19.2 Å². The molecule has 3 heteroatoms. The summed E-state index contributed by atoms with van der Waals surface area (Å²) in [5, 5.41) is 3.66. The van der Waals surface area contributed by atoms with Gasteiger partial charge in [-0.25, -0.2) is 0 Å². The van der Waals surface area contributed by atoms with Gasteiger partial charge in [-0.15, -0.1) is 0 Å². The van der Waals surface area contributed by atoms with Gasteiger partial charge >= 0.3 is 0 Å². The van der Waals surface area contributed by atoms with Crippen molar-refractivity contribution in [3.63, 3.8) is 0 Å². The van der Waals surface area contributed by atoms with Gasteiger partial charge < -0.3 is 10.2 Å². The Bertz CT molecular complexity index is 488. The van der Waals surface area contributed by atoms with Crippen molar-refractivity contribution in [2.75, 3.05) is 19.4 Å². The number of hydrogen-bond donors (Lipinski definition) is 1. The Morgan fingerprint density at radius 1 is 1.24 bits per heavy atom. The fourth-order valence-electron chi connectivity index (χ4n) is 3.10. The van der Waals surface area contributed by atoms with Crippen molar-refractivity contribution in [2.45, 2.75) is 52.0 Å². The van der Waals surface area contributed by atoms with E-state index in [4.69, 9.17) is 0 Å². The van der Waals surface area contributed by atoms with Gasteiger partial charge in [0.05, 0.1) is 0 Å². The minimum atomic E-state index is 0.0627. The zero-order valence-electron chi connectivity index (χ0n) is 13.8. The summed E-state index contributed by atoms with van der Waals surface area (Å²) in [5.74, 6) is 0.971. The third kappa shape index (κ3) is 3.99. The number of anilines is 1. The maximum Gasteiger partial charge on any atom is 0.253 e. The number of aryl methyl sites for hydroxylation is 1. The Balaban J connectivity index is 2.06. The van der Waals surface area contributed by atoms with E-state index in [0.717, 1.165) is 17.2 Å². The van der Waals surface area contributed by atoms with Crippen molar-refractivity contribution >= 4 is 11.6 Å². The normalized spacial score (nSPS) is 21.9. The first-order valence-electron chi connectivity index (χ1n) is 8.10. The van der Waals surface area contributed by atoms with Crippen LogP contribution in [-0.2, 0) is 0 Å². The van der Waals surface area contributed by atoms with Crippen molar-refractivity contribution in [1.29, 1.82) is 0 Å². The molecular weight excluding hydrogens is 260 g/mol. The van der Waals surface area contributed by atoms with E-state index in [1.54, 1.807) is 19.0 Å². The lowest BCUT2D eigenvalue weighted by Gasteiger charge is -2.29. The summed E-state index contributed by atoms with van der Waals surface area (Å²) < 4.78 is 0. The topological polar surface area (TPSA) is 32.3 Å². The number of rotatable bonds is 4. The zero-order valence-corrected chi connectivity index (χ0v) is 13.8. The molecule has 0 aliphatic heterocycles. The Labute approximate surface area is 128 Å². The van der Waals surface area contributed by atoms with Crippen LogP contribution < -0.4 is 5.32 Å². The molecule has 1 aliphatic carbocycles. The number of nitrogens with zero attached hydrogens (tertiary/aromatic N) is 1. The van der Waals surface area contributed by atoms with E-state index in [9.17, 15) is 4.79 Å². The van der Waals surface area contributed by atoms with Crippen molar-refractivity contribution in [3.05, 3.63) is 29.3 Å². The molecule has 1 saturated carbocycles. The number of hydrogen-bond acceptors (Lipinski definition) is 2. The Morgan fingerprint density at radius 2 is 1.90 bits per heavy atom. The van der Waals surface area contributed by atoms with Crippen LogP contribution in [0.15, 0.2) is 18.2 Å². The zero-order chi connectivity index (χ0) is 15.4. The molecule has 2 rings (SSSR count). The first-order valence-corrected chi connectivity index (χ1v) is 8.10. The number of benzene rings is 1. The molecule has 1 fully saturated rings. The van der Waals surface area contributed by atoms with Gasteiger partial charge in [-0.05, 0) is 56.2 Å². The molecule has 1 aromatic rings. The molecule has 116 valence electrons. The van der Waals surface area contributed by atoms with Crippen LogP contribution >= 0.6 is 0 Å². The van der Waals surface area contributed by atoms with Crippen LogP contribution in [0, 0.1) is 12.8 Å². The monoisotopic (exact) mass is 288 g/mol. The van der Waals surface area contributed by atoms with Crippen LogP contribution in [0.5, 0.6) is 0 Å². The van der Waals surface area contributed by atoms with Crippen LogP contribution in [-0.4, -0.2) is 30.9 Å². The van der Waals surface area contributed by atoms with Gasteiger partial charge in [0.2, 0.25) is 0 Å². The minimum absolute atomic E-state index is 0.0627. The lowest BCUT2D eigenvalue weighted by Crippen LogP contribution is -2.26. The maximum atomic E-state index is 12.1. The van der Waals surface area contributed by atoms with Crippen molar-refractivity contribution in [2.24, 2.45) is 5.92 Å². The Morgan fingerprint density at radius 3 is 2.48 bits per heavy atom. The number of carbonyl (C=O) groups excluding carboxylic acids is 1. The predicted molar refractivity (Wildman–Crippen MR) is 88.9 cm³/mol. The van der Waals surface area contributed by atoms with Gasteiger partial charge in [0.25, 0.3) is 5.91 Å². The molecule has 21 heavy (non-hydrogen) atoms. The first-order chi connectivity index (χ1) is 10.0. The summed E-state index contributed by atoms with van der Waals surface area (Å²) in [5.41, 5.74) is 3.08. The molecule has 1 aromatic carbocycles. The standard InChI is InChI=1S/C18H28N2O/c1-5-14-7-10-16(11-8-14)19-17-12-15(9-6-13(17)2)18(21)20(3)4/h6,9,12,14,16,19H,5,7-8,10-11H2,1-4H3. The molecule has 1 N–H and O–H groups in total. The van der Waals surface area contributed by atoms with E-state index in [1.807, 2.05) is 18.2 Å². The second-order valence-electron chi connectivity index (χ2n) is 6.50. The lowest BCUT2D eigenvalue weighted by atomic mass is 9.84. The highest BCUT2D eigenvalue weighted by Crippen LogP contribution is 2.29. The quantitative estimate of drug-likeness (QED) is 0.905. The molecule has 3 nitrogen and oxygen atoms in total. The van der Waals surface area contributed by atoms with E-state index in [1.165, 1.54) is 37.7 Å². The molecule has 0 aromatic heterocycles. The Kier molecular flexibility index (Phi) is 5.27. The second kappa shape index (κ2) is 6.97. The predicted octanol–water partition coefficient (Wildman–Crippen LogP) is 4.08. The molecule has 0 heterocycles. The van der Waals surface area contributed by atoms with E-state index in [-0.39, 0.29) is 5.91 Å². The summed E-state index contributed by atoms with van der Waals surface area (Å²) in [6.07, 6.45) is 6.43. The van der Waals surface area contributed by atoms with Crippen LogP contribution in [0.3, 0.4) is 0 Å². The molecule has 0 radical (unpaired) electrons. The van der Waals surface area contributed by atoms with Crippen molar-refractivity contribution < 1.29 is 4.79 Å². The van der Waals surface area contributed by atoms with Crippen molar-refractivity contribution in [1.82, 2.24) is 4.90 Å². The second-order valence-corrected chi connectivity index (χ2v) is 6.50. The lowest BCUT2D eigenvalue weighted by molar-refractivity contribution is 0.0827. The molecule has 0 unspecified atom stereocenters. The smallest absolute Gasteiger partial charge is 0.253 e. The number of nitrogens with one attached hydrogen (secondary N) is 1. The van der Waals surface area contributed by atoms with Crippen LogP contribution in [0.2, 0.25) is 0 Å². The summed E-state index contributed by atoms with van der Waals surface area (Å²) in [4.78, 5) is 13.7. The van der Waals surface area contributed by atoms with Crippen LogP contribution in [0.4, 0.5) is 5.69 Å². The highest BCUT2D eigenvalue weighted by Gasteiger charge is 2.20. The largest absolute Gasteiger partial charge is 0.382 e. The average molecular weight is 288 g/mol. The number of carbonyl (C=O) groups is 1. The molecule has 0 atom stereocenters. The average Bonchev–Trinajstić information content (AvgIpc) is 2.49. The molecule has 0 spiro atoms. The molecule has 1 amide bonds. The SMILES string of the molecule is CCC1CCC(Nc2cc(C(=O)N(C)C)ccc2C)CC1. The summed E-state index contributed by atoms with van der Waals surface area (Å²) >= 11 is 0. The van der Waals surface area contributed by atoms with Gasteiger partial charge in [0.1, 0.15) is 0 Å². The highest BCUT2D eigenvalue weighted by atomic mass is 16.2. The fourth-order valence-corrected chi connectivity index (χ4v) is 3.10. The van der Waals surface area contributed by atoms with E-state index >= 15 is 0 Å². The summed E-state index contributed by atoms with van der Waals surface area (Å²) in [6, 6.07) is 6.51.